The molecule has 2 aromatic carbocycles. The molecule has 10 nitrogen and oxygen atoms in total. The summed E-state index contributed by atoms with van der Waals surface area (Å²) in [6, 6.07) is 8.82. The number of halogens is 1. The molecule has 0 aliphatic heterocycles. The maximum absolute atomic E-state index is 13.7. The van der Waals surface area contributed by atoms with Crippen LogP contribution in [-0.2, 0) is 31.9 Å². The number of amides is 2. The van der Waals surface area contributed by atoms with Crippen LogP contribution in [0.15, 0.2) is 30.3 Å². The number of ether oxygens (including phenoxy) is 2. The van der Waals surface area contributed by atoms with Crippen molar-refractivity contribution in [2.24, 2.45) is 5.92 Å². The summed E-state index contributed by atoms with van der Waals surface area (Å²) in [7, 11) is 1.32. The number of carboxylic acid groups (broad SMARTS) is 1. The molecule has 2 amide bonds. The number of benzene rings is 2. The quantitative estimate of drug-likeness (QED) is 0.142. The van der Waals surface area contributed by atoms with Crippen LogP contribution in [0.1, 0.15) is 86.5 Å². The fourth-order valence-electron chi connectivity index (χ4n) is 5.64. The molecule has 1 aliphatic carbocycles. The predicted molar refractivity (Wildman–Crippen MR) is 165 cm³/mol. The molecule has 0 fully saturated rings. The fraction of sp³-hybridized carbons (Fsp3) is 0.438. The summed E-state index contributed by atoms with van der Waals surface area (Å²) < 4.78 is 10.4. The van der Waals surface area contributed by atoms with Gasteiger partial charge in [0.25, 0.3) is 0 Å². The number of carbonyl (C=O) groups excluding carboxylic acids is 3. The topological polar surface area (TPSA) is 147 Å². The van der Waals surface area contributed by atoms with Crippen molar-refractivity contribution >= 4 is 57.8 Å². The number of hydrogen-bond donors (Lipinski definition) is 4. The number of aliphatic carboxylic acids is 1. The van der Waals surface area contributed by atoms with Gasteiger partial charge in [-0.15, -0.1) is 0 Å². The number of aromatic amines is 1. The number of anilines is 2. The van der Waals surface area contributed by atoms with E-state index in [1.54, 1.807) is 45.0 Å². The second-order valence-corrected chi connectivity index (χ2v) is 12.4. The first-order chi connectivity index (χ1) is 20.3. The van der Waals surface area contributed by atoms with Crippen molar-refractivity contribution in [1.82, 2.24) is 4.98 Å². The third-order valence-corrected chi connectivity index (χ3v) is 7.80. The van der Waals surface area contributed by atoms with Gasteiger partial charge in [0.2, 0.25) is 5.91 Å². The molecule has 0 saturated carbocycles. The minimum Gasteiger partial charge on any atom is -0.481 e. The van der Waals surface area contributed by atoms with Crippen molar-refractivity contribution in [1.29, 1.82) is 0 Å². The summed E-state index contributed by atoms with van der Waals surface area (Å²) in [6.07, 6.45) is 2.30. The van der Waals surface area contributed by atoms with E-state index in [1.807, 2.05) is 13.0 Å². The van der Waals surface area contributed by atoms with E-state index in [2.05, 4.69) is 15.6 Å². The molecule has 43 heavy (non-hydrogen) atoms. The monoisotopic (exact) mass is 611 g/mol. The molecule has 3 aromatic rings. The summed E-state index contributed by atoms with van der Waals surface area (Å²) in [5.41, 5.74) is 3.97. The molecule has 0 radical (unpaired) electrons. The van der Waals surface area contributed by atoms with E-state index in [9.17, 15) is 19.2 Å². The highest BCUT2D eigenvalue weighted by Gasteiger charge is 2.36. The van der Waals surface area contributed by atoms with Crippen LogP contribution in [0.3, 0.4) is 0 Å². The first-order valence-electron chi connectivity index (χ1n) is 14.3. The lowest BCUT2D eigenvalue weighted by atomic mass is 9.76. The Morgan fingerprint density at radius 2 is 1.86 bits per heavy atom. The molecule has 230 valence electrons. The number of unbranched alkanes of at least 4 members (excludes halogenated alkanes) is 1. The van der Waals surface area contributed by atoms with Gasteiger partial charge in [0.15, 0.2) is 0 Å². The number of rotatable bonds is 10. The summed E-state index contributed by atoms with van der Waals surface area (Å²) in [6.45, 7) is 7.15. The second-order valence-electron chi connectivity index (χ2n) is 11.9. The van der Waals surface area contributed by atoms with Crippen LogP contribution in [0.5, 0.6) is 0 Å². The largest absolute Gasteiger partial charge is 0.481 e. The Morgan fingerprint density at radius 3 is 2.53 bits per heavy atom. The lowest BCUT2D eigenvalue weighted by Crippen LogP contribution is -2.29. The standard InChI is InChI=1S/C32H38ClN3O7/c1-17(22-12-10-19-14-20(33)16-24-26(19)27(22)28(35-24)30(40)42-5)29(39)36-23-13-11-21(34-31(41)43-32(2,3)4)15-18(23)8-6-7-9-25(37)38/h11,13-17,22,35H,6-10,12H2,1-5H3,(H,34,41)(H,36,39)(H,37,38). The van der Waals surface area contributed by atoms with Gasteiger partial charge in [-0.1, -0.05) is 18.5 Å². The van der Waals surface area contributed by atoms with Crippen LogP contribution in [0, 0.1) is 5.92 Å². The van der Waals surface area contributed by atoms with E-state index in [4.69, 9.17) is 26.2 Å². The number of aromatic nitrogens is 1. The highest BCUT2D eigenvalue weighted by atomic mass is 35.5. The average molecular weight is 612 g/mol. The molecular weight excluding hydrogens is 574 g/mol. The Labute approximate surface area is 255 Å². The number of carbonyl (C=O) groups is 4. The van der Waals surface area contributed by atoms with E-state index in [0.29, 0.717) is 54.2 Å². The molecule has 0 spiro atoms. The van der Waals surface area contributed by atoms with Crippen LogP contribution < -0.4 is 10.6 Å². The Bertz CT molecular complexity index is 1560. The molecule has 1 aliphatic rings. The minimum atomic E-state index is -0.871. The van der Waals surface area contributed by atoms with Crippen molar-refractivity contribution in [3.8, 4) is 0 Å². The summed E-state index contributed by atoms with van der Waals surface area (Å²) >= 11 is 6.32. The van der Waals surface area contributed by atoms with Crippen molar-refractivity contribution in [2.75, 3.05) is 17.7 Å². The summed E-state index contributed by atoms with van der Waals surface area (Å²) in [5, 5.41) is 16.3. The third-order valence-electron chi connectivity index (χ3n) is 7.58. The van der Waals surface area contributed by atoms with Gasteiger partial charge in [-0.05, 0) is 106 Å². The van der Waals surface area contributed by atoms with Crippen LogP contribution in [-0.4, -0.2) is 46.7 Å². The van der Waals surface area contributed by atoms with Gasteiger partial charge < -0.3 is 24.9 Å². The number of carboxylic acids is 1. The predicted octanol–water partition coefficient (Wildman–Crippen LogP) is 7.06. The van der Waals surface area contributed by atoms with Gasteiger partial charge in [-0.25, -0.2) is 9.59 Å². The zero-order valence-corrected chi connectivity index (χ0v) is 25.8. The van der Waals surface area contributed by atoms with Gasteiger partial charge in [0.1, 0.15) is 11.3 Å². The molecule has 1 aromatic heterocycles. The van der Waals surface area contributed by atoms with E-state index in [-0.39, 0.29) is 18.2 Å². The molecule has 1 heterocycles. The number of esters is 1. The molecule has 0 bridgehead atoms. The lowest BCUT2D eigenvalue weighted by molar-refractivity contribution is -0.137. The minimum absolute atomic E-state index is 0.0383. The van der Waals surface area contributed by atoms with Gasteiger partial charge in [0.05, 0.1) is 7.11 Å². The van der Waals surface area contributed by atoms with Crippen molar-refractivity contribution < 1.29 is 33.8 Å². The van der Waals surface area contributed by atoms with Gasteiger partial charge in [-0.2, -0.15) is 0 Å². The number of H-pyrrole nitrogens is 1. The Balaban J connectivity index is 1.60. The fourth-order valence-corrected chi connectivity index (χ4v) is 5.88. The van der Waals surface area contributed by atoms with Crippen LogP contribution in [0.25, 0.3) is 10.9 Å². The first kappa shape index (κ1) is 31.9. The maximum atomic E-state index is 13.7. The first-order valence-corrected chi connectivity index (χ1v) is 14.7. The Kier molecular flexibility index (Phi) is 9.69. The zero-order valence-electron chi connectivity index (χ0n) is 25.1. The summed E-state index contributed by atoms with van der Waals surface area (Å²) in [4.78, 5) is 53.0. The van der Waals surface area contributed by atoms with E-state index < -0.39 is 29.6 Å². The van der Waals surface area contributed by atoms with Crippen molar-refractivity contribution in [2.45, 2.75) is 77.7 Å². The normalized spacial score (nSPS) is 15.1. The van der Waals surface area contributed by atoms with Crippen LogP contribution in [0.4, 0.5) is 16.2 Å². The highest BCUT2D eigenvalue weighted by Crippen LogP contribution is 2.44. The SMILES string of the molecule is COC(=O)c1[nH]c2cc(Cl)cc3c2c1C(C(C)C(=O)Nc1ccc(NC(=O)OC(C)(C)C)cc1CCCCC(=O)O)CC3. The molecule has 2 unspecified atom stereocenters. The summed E-state index contributed by atoms with van der Waals surface area (Å²) in [5.74, 6) is -2.38. The van der Waals surface area contributed by atoms with E-state index in [0.717, 1.165) is 27.6 Å². The number of hydrogen-bond acceptors (Lipinski definition) is 6. The Morgan fingerprint density at radius 1 is 1.12 bits per heavy atom. The van der Waals surface area contributed by atoms with E-state index >= 15 is 0 Å². The zero-order chi connectivity index (χ0) is 31.5. The van der Waals surface area contributed by atoms with Gasteiger partial charge >= 0.3 is 18.0 Å². The molecule has 0 saturated heterocycles. The van der Waals surface area contributed by atoms with Crippen LogP contribution >= 0.6 is 11.6 Å². The highest BCUT2D eigenvalue weighted by molar-refractivity contribution is 6.31. The number of methoxy groups -OCH3 is 1. The van der Waals surface area contributed by atoms with Gasteiger partial charge in [0, 0.05) is 39.6 Å². The molecular formula is C32H38ClN3O7. The molecule has 11 heteroatoms. The van der Waals surface area contributed by atoms with Crippen molar-refractivity contribution in [3.63, 3.8) is 0 Å². The van der Waals surface area contributed by atoms with Crippen LogP contribution in [0.2, 0.25) is 5.02 Å². The average Bonchev–Trinajstić information content (AvgIpc) is 3.30. The Hall–Kier alpha value is -4.05. The molecule has 4 N–H and O–H groups in total. The smallest absolute Gasteiger partial charge is 0.412 e. The maximum Gasteiger partial charge on any atom is 0.412 e. The lowest BCUT2D eigenvalue weighted by Gasteiger charge is -2.28. The molecule has 2 atom stereocenters. The van der Waals surface area contributed by atoms with Crippen molar-refractivity contribution in [3.05, 3.63) is 57.7 Å². The molecule has 4 rings (SSSR count). The number of nitrogens with one attached hydrogen (secondary N) is 3. The number of aryl methyl sites for hydroxylation is 2. The third kappa shape index (κ3) is 7.67. The van der Waals surface area contributed by atoms with E-state index in [1.165, 1.54) is 7.11 Å². The second kappa shape index (κ2) is 13.1. The van der Waals surface area contributed by atoms with Gasteiger partial charge in [-0.3, -0.25) is 14.9 Å².